The second-order valence-corrected chi connectivity index (χ2v) is 9.53. The molecular formula is C29H40N8O3. The third kappa shape index (κ3) is 10.1. The van der Waals surface area contributed by atoms with Crippen molar-refractivity contribution >= 4 is 29.4 Å². The Morgan fingerprint density at radius 3 is 2.30 bits per heavy atom. The van der Waals surface area contributed by atoms with E-state index in [1.54, 1.807) is 0 Å². The second kappa shape index (κ2) is 16.3. The van der Waals surface area contributed by atoms with Crippen LogP contribution in [0.25, 0.3) is 0 Å². The van der Waals surface area contributed by atoms with Crippen molar-refractivity contribution in [1.82, 2.24) is 20.3 Å². The Morgan fingerprint density at radius 2 is 1.55 bits per heavy atom. The van der Waals surface area contributed by atoms with Crippen molar-refractivity contribution in [3.8, 4) is 0 Å². The van der Waals surface area contributed by atoms with E-state index in [9.17, 15) is 4.79 Å². The van der Waals surface area contributed by atoms with Crippen molar-refractivity contribution in [2.24, 2.45) is 5.73 Å². The van der Waals surface area contributed by atoms with Crippen molar-refractivity contribution < 1.29 is 14.3 Å². The van der Waals surface area contributed by atoms with Crippen LogP contribution >= 0.6 is 0 Å². The number of hydrogen-bond acceptors (Lipinski definition) is 10. The van der Waals surface area contributed by atoms with Crippen molar-refractivity contribution in [1.29, 1.82) is 0 Å². The molecule has 0 spiro atoms. The molecule has 1 aromatic heterocycles. The summed E-state index contributed by atoms with van der Waals surface area (Å²) in [6, 6.07) is 17.9. The highest BCUT2D eigenvalue weighted by Gasteiger charge is 2.16. The Bertz CT molecular complexity index is 1160. The Balaban J connectivity index is 1.30. The van der Waals surface area contributed by atoms with Crippen molar-refractivity contribution in [2.45, 2.75) is 32.2 Å². The highest BCUT2D eigenvalue weighted by molar-refractivity contribution is 5.78. The van der Waals surface area contributed by atoms with Gasteiger partial charge in [0.15, 0.2) is 0 Å². The summed E-state index contributed by atoms with van der Waals surface area (Å²) in [5.41, 5.74) is 8.26. The van der Waals surface area contributed by atoms with Crippen LogP contribution in [0, 0.1) is 0 Å². The van der Waals surface area contributed by atoms with E-state index < -0.39 is 0 Å². The summed E-state index contributed by atoms with van der Waals surface area (Å²) in [6.45, 7) is 5.39. The van der Waals surface area contributed by atoms with Crippen molar-refractivity contribution in [3.63, 3.8) is 0 Å². The standard InChI is InChI=1S/C29H40N8O3/c30-13-17-39-19-20-40-18-14-31-26(38)21-23-9-11-25(12-10-23)33-28-34-27(32-22-24-7-3-1-4-8-24)35-29(36-28)37-15-5-2-6-16-37/h1,3-4,7-12H,2,5-6,13-22,30H2,(H,31,38)(H2,32,33,34,35,36). The zero-order valence-electron chi connectivity index (χ0n) is 23.0. The van der Waals surface area contributed by atoms with Gasteiger partial charge in [-0.1, -0.05) is 42.5 Å². The average Bonchev–Trinajstić information content (AvgIpc) is 2.99. The van der Waals surface area contributed by atoms with Gasteiger partial charge >= 0.3 is 0 Å². The zero-order chi connectivity index (χ0) is 27.8. The summed E-state index contributed by atoms with van der Waals surface area (Å²) < 4.78 is 10.7. The molecule has 0 aliphatic carbocycles. The monoisotopic (exact) mass is 548 g/mol. The fourth-order valence-electron chi connectivity index (χ4n) is 4.26. The number of nitrogens with two attached hydrogens (primary N) is 1. The van der Waals surface area contributed by atoms with Crippen molar-refractivity contribution in [3.05, 3.63) is 65.7 Å². The second-order valence-electron chi connectivity index (χ2n) is 9.53. The third-order valence-electron chi connectivity index (χ3n) is 6.33. The first-order chi connectivity index (χ1) is 19.7. The number of benzene rings is 2. The number of ether oxygens (including phenoxy) is 2. The molecule has 0 radical (unpaired) electrons. The molecule has 1 aliphatic heterocycles. The van der Waals surface area contributed by atoms with E-state index in [0.29, 0.717) is 63.9 Å². The van der Waals surface area contributed by atoms with Crippen LogP contribution in [-0.2, 0) is 27.2 Å². The zero-order valence-corrected chi connectivity index (χ0v) is 23.0. The van der Waals surface area contributed by atoms with Gasteiger partial charge in [0, 0.05) is 38.4 Å². The van der Waals surface area contributed by atoms with E-state index in [0.717, 1.165) is 42.7 Å². The molecule has 1 fully saturated rings. The Kier molecular flexibility index (Phi) is 11.9. The lowest BCUT2D eigenvalue weighted by Gasteiger charge is -2.27. The third-order valence-corrected chi connectivity index (χ3v) is 6.33. The summed E-state index contributed by atoms with van der Waals surface area (Å²) >= 11 is 0. The minimum atomic E-state index is -0.0542. The van der Waals surface area contributed by atoms with Gasteiger partial charge in [0.05, 0.1) is 32.8 Å². The minimum Gasteiger partial charge on any atom is -0.378 e. The lowest BCUT2D eigenvalue weighted by Crippen LogP contribution is -2.31. The van der Waals surface area contributed by atoms with E-state index in [1.165, 1.54) is 6.42 Å². The molecule has 2 heterocycles. The molecule has 1 saturated heterocycles. The molecule has 5 N–H and O–H groups in total. The molecule has 1 amide bonds. The number of amides is 1. The number of nitrogens with one attached hydrogen (secondary N) is 3. The first-order valence-electron chi connectivity index (χ1n) is 14.0. The number of carbonyl (C=O) groups is 1. The highest BCUT2D eigenvalue weighted by Crippen LogP contribution is 2.21. The summed E-state index contributed by atoms with van der Waals surface area (Å²) in [7, 11) is 0. The quantitative estimate of drug-likeness (QED) is 0.198. The lowest BCUT2D eigenvalue weighted by atomic mass is 10.1. The number of carbonyl (C=O) groups excluding carboxylic acids is 1. The molecule has 1 aliphatic rings. The number of anilines is 4. The van der Waals surface area contributed by atoms with Gasteiger partial charge in [-0.25, -0.2) is 0 Å². The Morgan fingerprint density at radius 1 is 0.825 bits per heavy atom. The largest absolute Gasteiger partial charge is 0.378 e. The Hall–Kier alpha value is -3.80. The number of aromatic nitrogens is 3. The normalized spacial score (nSPS) is 13.2. The van der Waals surface area contributed by atoms with Gasteiger partial charge in [-0.15, -0.1) is 0 Å². The fourth-order valence-corrected chi connectivity index (χ4v) is 4.26. The smallest absolute Gasteiger partial charge is 0.233 e. The van der Waals surface area contributed by atoms with E-state index in [-0.39, 0.29) is 12.3 Å². The molecule has 0 bridgehead atoms. The lowest BCUT2D eigenvalue weighted by molar-refractivity contribution is -0.120. The molecule has 40 heavy (non-hydrogen) atoms. The number of hydrogen-bond donors (Lipinski definition) is 4. The van der Waals surface area contributed by atoms with E-state index in [4.69, 9.17) is 25.2 Å². The van der Waals surface area contributed by atoms with Crippen LogP contribution in [0.5, 0.6) is 0 Å². The van der Waals surface area contributed by atoms with Gasteiger partial charge in [0.2, 0.25) is 23.8 Å². The molecule has 11 nitrogen and oxygen atoms in total. The van der Waals surface area contributed by atoms with Crippen LogP contribution in [0.2, 0.25) is 0 Å². The summed E-state index contributed by atoms with van der Waals surface area (Å²) in [5, 5.41) is 9.52. The highest BCUT2D eigenvalue weighted by atomic mass is 16.5. The molecular weight excluding hydrogens is 508 g/mol. The first-order valence-corrected chi connectivity index (χ1v) is 14.0. The van der Waals surface area contributed by atoms with E-state index >= 15 is 0 Å². The first kappa shape index (κ1) is 29.2. The SMILES string of the molecule is NCCOCCOCCNC(=O)Cc1ccc(Nc2nc(NCc3ccccc3)nc(N3CCCCC3)n2)cc1. The van der Waals surface area contributed by atoms with Crippen LogP contribution in [0.15, 0.2) is 54.6 Å². The van der Waals surface area contributed by atoms with Gasteiger partial charge in [0.1, 0.15) is 0 Å². The summed E-state index contributed by atoms with van der Waals surface area (Å²) in [6.07, 6.45) is 3.79. The maximum absolute atomic E-state index is 12.3. The van der Waals surface area contributed by atoms with E-state index in [2.05, 4.69) is 38.0 Å². The van der Waals surface area contributed by atoms with Gasteiger partial charge < -0.3 is 36.1 Å². The van der Waals surface area contributed by atoms with E-state index in [1.807, 2.05) is 42.5 Å². The molecule has 2 aromatic carbocycles. The maximum atomic E-state index is 12.3. The van der Waals surface area contributed by atoms with Crippen LogP contribution in [0.3, 0.4) is 0 Å². The maximum Gasteiger partial charge on any atom is 0.233 e. The van der Waals surface area contributed by atoms with Gasteiger partial charge in [-0.3, -0.25) is 4.79 Å². The number of piperidine rings is 1. The molecule has 3 aromatic rings. The fraction of sp³-hybridized carbons (Fsp3) is 0.448. The van der Waals surface area contributed by atoms with Crippen LogP contribution in [0.1, 0.15) is 30.4 Å². The summed E-state index contributed by atoms with van der Waals surface area (Å²) in [4.78, 5) is 28.5. The van der Waals surface area contributed by atoms with Gasteiger partial charge in [-0.05, 0) is 42.5 Å². The Labute approximate surface area is 235 Å². The molecule has 11 heteroatoms. The van der Waals surface area contributed by atoms with Gasteiger partial charge in [0.25, 0.3) is 0 Å². The molecule has 0 atom stereocenters. The predicted molar refractivity (Wildman–Crippen MR) is 157 cm³/mol. The number of nitrogens with zero attached hydrogens (tertiary/aromatic N) is 4. The van der Waals surface area contributed by atoms with Crippen LogP contribution in [0.4, 0.5) is 23.5 Å². The number of rotatable bonds is 16. The average molecular weight is 549 g/mol. The molecule has 4 rings (SSSR count). The molecule has 0 unspecified atom stereocenters. The summed E-state index contributed by atoms with van der Waals surface area (Å²) in [5.74, 6) is 1.63. The minimum absolute atomic E-state index is 0.0542. The molecule has 0 saturated carbocycles. The predicted octanol–water partition coefficient (Wildman–Crippen LogP) is 2.87. The van der Waals surface area contributed by atoms with Crippen LogP contribution in [-0.4, -0.2) is 73.5 Å². The topological polar surface area (TPSA) is 140 Å². The van der Waals surface area contributed by atoms with Crippen molar-refractivity contribution in [2.75, 3.05) is 68.1 Å². The molecule has 214 valence electrons. The van der Waals surface area contributed by atoms with Crippen LogP contribution < -0.4 is 26.6 Å². The van der Waals surface area contributed by atoms with Gasteiger partial charge in [-0.2, -0.15) is 15.0 Å².